The first-order valence-electron chi connectivity index (χ1n) is 10.1. The van der Waals surface area contributed by atoms with Gasteiger partial charge in [-0.15, -0.1) is 0 Å². The van der Waals surface area contributed by atoms with Gasteiger partial charge in [-0.05, 0) is 45.3 Å². The van der Waals surface area contributed by atoms with E-state index >= 15 is 0 Å². The van der Waals surface area contributed by atoms with Crippen LogP contribution >= 0.6 is 0 Å². The van der Waals surface area contributed by atoms with Gasteiger partial charge in [0.05, 0.1) is 12.1 Å². The topological polar surface area (TPSA) is 51.7 Å². The summed E-state index contributed by atoms with van der Waals surface area (Å²) in [7, 11) is 0. The highest BCUT2D eigenvalue weighted by molar-refractivity contribution is 5.91. The molecule has 2 aromatic rings. The molecule has 0 saturated heterocycles. The fraction of sp³-hybridized carbons (Fsp3) is 0.478. The van der Waals surface area contributed by atoms with Crippen LogP contribution in [0.1, 0.15) is 52.5 Å². The first-order chi connectivity index (χ1) is 13.4. The molecule has 0 N–H and O–H groups in total. The standard InChI is InChI=1S/C23H30N2O3/c1-5-6-16-27-20-11-10-18-8-7-9-19(21(18)24-20)17-12-14-25(15-13-17)22(26)28-23(2,3)4/h7-12H,5-6,13-16H2,1-4H3. The third-order valence-electron chi connectivity index (χ3n) is 4.65. The Labute approximate surface area is 167 Å². The number of rotatable bonds is 5. The fourth-order valence-corrected chi connectivity index (χ4v) is 3.20. The number of ether oxygens (including phenoxy) is 2. The fourth-order valence-electron chi connectivity index (χ4n) is 3.20. The normalized spacial score (nSPS) is 14.7. The number of para-hydroxylation sites is 1. The third-order valence-corrected chi connectivity index (χ3v) is 4.65. The van der Waals surface area contributed by atoms with Gasteiger partial charge in [-0.1, -0.05) is 37.6 Å². The lowest BCUT2D eigenvalue weighted by atomic mass is 9.97. The van der Waals surface area contributed by atoms with Crippen LogP contribution < -0.4 is 4.74 Å². The Hall–Kier alpha value is -2.56. The van der Waals surface area contributed by atoms with E-state index in [1.807, 2.05) is 26.8 Å². The van der Waals surface area contributed by atoms with E-state index in [0.717, 1.165) is 35.7 Å². The first-order valence-corrected chi connectivity index (χ1v) is 10.1. The molecule has 1 aliphatic rings. The number of carbonyl (C=O) groups excluding carboxylic acids is 1. The van der Waals surface area contributed by atoms with Crippen molar-refractivity contribution in [3.63, 3.8) is 0 Å². The summed E-state index contributed by atoms with van der Waals surface area (Å²) in [6, 6.07) is 10.2. The lowest BCUT2D eigenvalue weighted by Gasteiger charge is -2.29. The Balaban J connectivity index is 1.79. The van der Waals surface area contributed by atoms with E-state index in [0.29, 0.717) is 25.6 Å². The molecule has 1 aromatic heterocycles. The summed E-state index contributed by atoms with van der Waals surface area (Å²) in [6.45, 7) is 9.68. The van der Waals surface area contributed by atoms with Gasteiger partial charge in [0.1, 0.15) is 5.60 Å². The van der Waals surface area contributed by atoms with Crippen LogP contribution in [0.15, 0.2) is 36.4 Å². The van der Waals surface area contributed by atoms with Crippen molar-refractivity contribution < 1.29 is 14.3 Å². The molecule has 1 aromatic carbocycles. The highest BCUT2D eigenvalue weighted by Gasteiger charge is 2.24. The molecule has 0 fully saturated rings. The van der Waals surface area contributed by atoms with Crippen molar-refractivity contribution in [2.75, 3.05) is 19.7 Å². The average Bonchev–Trinajstić information content (AvgIpc) is 2.66. The molecule has 0 bridgehead atoms. The maximum atomic E-state index is 12.3. The maximum Gasteiger partial charge on any atom is 0.410 e. The van der Waals surface area contributed by atoms with Crippen LogP contribution in [0.25, 0.3) is 16.5 Å². The molecule has 0 saturated carbocycles. The van der Waals surface area contributed by atoms with Crippen molar-refractivity contribution in [3.05, 3.63) is 42.0 Å². The van der Waals surface area contributed by atoms with Gasteiger partial charge in [0.15, 0.2) is 0 Å². The van der Waals surface area contributed by atoms with E-state index in [2.05, 4.69) is 37.3 Å². The summed E-state index contributed by atoms with van der Waals surface area (Å²) in [5, 5.41) is 1.09. The van der Waals surface area contributed by atoms with Gasteiger partial charge >= 0.3 is 6.09 Å². The number of unbranched alkanes of at least 4 members (excludes halogenated alkanes) is 1. The van der Waals surface area contributed by atoms with E-state index in [1.165, 1.54) is 5.57 Å². The van der Waals surface area contributed by atoms with Crippen molar-refractivity contribution in [1.29, 1.82) is 0 Å². The Morgan fingerprint density at radius 2 is 2.04 bits per heavy atom. The quantitative estimate of drug-likeness (QED) is 0.646. The van der Waals surface area contributed by atoms with Crippen LogP contribution in [0.3, 0.4) is 0 Å². The lowest BCUT2D eigenvalue weighted by Crippen LogP contribution is -2.39. The number of nitrogens with zero attached hydrogens (tertiary/aromatic N) is 2. The van der Waals surface area contributed by atoms with Crippen LogP contribution in [-0.2, 0) is 4.74 Å². The molecule has 0 radical (unpaired) electrons. The number of hydrogen-bond donors (Lipinski definition) is 0. The summed E-state index contributed by atoms with van der Waals surface area (Å²) in [4.78, 5) is 18.8. The van der Waals surface area contributed by atoms with Gasteiger partial charge < -0.3 is 14.4 Å². The largest absolute Gasteiger partial charge is 0.478 e. The zero-order valence-electron chi connectivity index (χ0n) is 17.3. The molecule has 28 heavy (non-hydrogen) atoms. The zero-order chi connectivity index (χ0) is 20.1. The Morgan fingerprint density at radius 1 is 1.21 bits per heavy atom. The predicted octanol–water partition coefficient (Wildman–Crippen LogP) is 5.44. The van der Waals surface area contributed by atoms with Crippen molar-refractivity contribution in [1.82, 2.24) is 9.88 Å². The zero-order valence-corrected chi connectivity index (χ0v) is 17.3. The van der Waals surface area contributed by atoms with Crippen LogP contribution in [0.5, 0.6) is 5.88 Å². The molecule has 1 amide bonds. The molecular formula is C23H30N2O3. The number of carbonyl (C=O) groups is 1. The molecule has 5 nitrogen and oxygen atoms in total. The summed E-state index contributed by atoms with van der Waals surface area (Å²) in [5.41, 5.74) is 2.80. The third kappa shape index (κ3) is 5.03. The first kappa shape index (κ1) is 20.2. The van der Waals surface area contributed by atoms with E-state index in [9.17, 15) is 4.79 Å². The van der Waals surface area contributed by atoms with Crippen molar-refractivity contribution in [3.8, 4) is 5.88 Å². The van der Waals surface area contributed by atoms with Gasteiger partial charge in [0.25, 0.3) is 0 Å². The van der Waals surface area contributed by atoms with Crippen LogP contribution in [0.2, 0.25) is 0 Å². The number of pyridine rings is 1. The second-order valence-corrected chi connectivity index (χ2v) is 8.13. The van der Waals surface area contributed by atoms with Gasteiger partial charge in [-0.2, -0.15) is 0 Å². The number of benzene rings is 1. The SMILES string of the molecule is CCCCOc1ccc2cccc(C3=CCN(C(=O)OC(C)(C)C)CC3)c2n1. The number of aromatic nitrogens is 1. The Morgan fingerprint density at radius 3 is 2.71 bits per heavy atom. The highest BCUT2D eigenvalue weighted by Crippen LogP contribution is 2.30. The van der Waals surface area contributed by atoms with Crippen LogP contribution in [0, 0.1) is 0 Å². The molecule has 5 heteroatoms. The second kappa shape index (κ2) is 8.63. The molecule has 0 atom stereocenters. The predicted molar refractivity (Wildman–Crippen MR) is 113 cm³/mol. The van der Waals surface area contributed by atoms with Gasteiger partial charge in [0, 0.05) is 30.1 Å². The summed E-state index contributed by atoms with van der Waals surface area (Å²) in [6.07, 6.45) is 4.74. The van der Waals surface area contributed by atoms with E-state index < -0.39 is 5.60 Å². The molecule has 3 rings (SSSR count). The van der Waals surface area contributed by atoms with Crippen LogP contribution in [0.4, 0.5) is 4.79 Å². The minimum absolute atomic E-state index is 0.259. The highest BCUT2D eigenvalue weighted by atomic mass is 16.6. The molecule has 150 valence electrons. The Bertz CT molecular complexity index is 868. The minimum atomic E-state index is -0.477. The van der Waals surface area contributed by atoms with Crippen molar-refractivity contribution >= 4 is 22.6 Å². The Kier molecular flexibility index (Phi) is 6.22. The summed E-state index contributed by atoms with van der Waals surface area (Å²) >= 11 is 0. The number of hydrogen-bond acceptors (Lipinski definition) is 4. The lowest BCUT2D eigenvalue weighted by molar-refractivity contribution is 0.0270. The molecule has 0 spiro atoms. The van der Waals surface area contributed by atoms with Crippen molar-refractivity contribution in [2.24, 2.45) is 0 Å². The smallest absolute Gasteiger partial charge is 0.410 e. The minimum Gasteiger partial charge on any atom is -0.478 e. The molecule has 1 aliphatic heterocycles. The molecular weight excluding hydrogens is 352 g/mol. The summed E-state index contributed by atoms with van der Waals surface area (Å²) < 4.78 is 11.3. The van der Waals surface area contributed by atoms with Gasteiger partial charge in [-0.3, -0.25) is 0 Å². The van der Waals surface area contributed by atoms with Gasteiger partial charge in [0.2, 0.25) is 5.88 Å². The summed E-state index contributed by atoms with van der Waals surface area (Å²) in [5.74, 6) is 0.667. The molecule has 0 aliphatic carbocycles. The molecule has 2 heterocycles. The molecule has 0 unspecified atom stereocenters. The van der Waals surface area contributed by atoms with Crippen molar-refractivity contribution in [2.45, 2.75) is 52.6 Å². The van der Waals surface area contributed by atoms with Crippen LogP contribution in [-0.4, -0.2) is 41.3 Å². The van der Waals surface area contributed by atoms with Gasteiger partial charge in [-0.25, -0.2) is 9.78 Å². The monoisotopic (exact) mass is 382 g/mol. The van der Waals surface area contributed by atoms with E-state index in [1.54, 1.807) is 4.90 Å². The van der Waals surface area contributed by atoms with E-state index in [4.69, 9.17) is 14.5 Å². The second-order valence-electron chi connectivity index (χ2n) is 8.13. The average molecular weight is 383 g/mol. The maximum absolute atomic E-state index is 12.3. The van der Waals surface area contributed by atoms with E-state index in [-0.39, 0.29) is 6.09 Å². The number of amides is 1. The number of fused-ring (bicyclic) bond motifs is 1.